The molecule has 6 rings (SSSR count). The third kappa shape index (κ3) is 3.91. The van der Waals surface area contributed by atoms with Crippen LogP contribution in [-0.4, -0.2) is 32.8 Å². The van der Waals surface area contributed by atoms with Crippen LogP contribution in [0.25, 0.3) is 27.0 Å². The Morgan fingerprint density at radius 2 is 1.85 bits per heavy atom. The normalized spacial score (nSPS) is 13.6. The number of rotatable bonds is 6. The molecule has 0 bridgehead atoms. The molecule has 0 radical (unpaired) electrons. The zero-order valence-corrected chi connectivity index (χ0v) is 18.8. The highest BCUT2D eigenvalue weighted by molar-refractivity contribution is 7.15. The zero-order valence-electron chi connectivity index (χ0n) is 17.9. The van der Waals surface area contributed by atoms with Crippen LogP contribution < -0.4 is 0 Å². The molecule has 0 saturated heterocycles. The minimum Gasteiger partial charge on any atom is -0.335 e. The number of carbonyl (C=O) groups is 1. The molecule has 0 N–H and O–H groups in total. The second-order valence-corrected chi connectivity index (χ2v) is 9.39. The van der Waals surface area contributed by atoms with E-state index in [1.165, 1.54) is 12.1 Å². The lowest BCUT2D eigenvalue weighted by atomic mass is 10.1. The topological polar surface area (TPSA) is 37.6 Å². The quantitative estimate of drug-likeness (QED) is 0.306. The van der Waals surface area contributed by atoms with Crippen LogP contribution in [0.15, 0.2) is 78.3 Å². The van der Waals surface area contributed by atoms with Crippen LogP contribution >= 0.6 is 11.3 Å². The summed E-state index contributed by atoms with van der Waals surface area (Å²) in [4.78, 5) is 21.0. The van der Waals surface area contributed by atoms with Gasteiger partial charge in [0.05, 0.1) is 5.69 Å². The number of aromatic nitrogens is 2. The molecule has 1 amide bonds. The molecule has 2 aromatic heterocycles. The summed E-state index contributed by atoms with van der Waals surface area (Å²) in [5, 5.41) is 4.35. The van der Waals surface area contributed by atoms with Crippen molar-refractivity contribution in [1.82, 2.24) is 14.3 Å². The number of benzene rings is 3. The van der Waals surface area contributed by atoms with E-state index in [2.05, 4.69) is 15.8 Å². The molecule has 0 unspecified atom stereocenters. The Balaban J connectivity index is 1.23. The van der Waals surface area contributed by atoms with Gasteiger partial charge in [-0.05, 0) is 60.0 Å². The van der Waals surface area contributed by atoms with Crippen LogP contribution in [0.2, 0.25) is 0 Å². The monoisotopic (exact) mass is 455 g/mol. The fourth-order valence-corrected chi connectivity index (χ4v) is 5.24. The number of hydrogen-bond donors (Lipinski definition) is 0. The molecule has 0 spiro atoms. The van der Waals surface area contributed by atoms with Crippen molar-refractivity contribution in [1.29, 1.82) is 0 Å². The lowest BCUT2D eigenvalue weighted by Gasteiger charge is -2.22. The maximum Gasteiger partial charge on any atom is 0.254 e. The molecular formula is C27H22FN3OS. The van der Waals surface area contributed by atoms with Gasteiger partial charge in [-0.3, -0.25) is 9.20 Å². The van der Waals surface area contributed by atoms with Crippen LogP contribution in [0.1, 0.15) is 28.9 Å². The average molecular weight is 456 g/mol. The van der Waals surface area contributed by atoms with Crippen molar-refractivity contribution in [3.05, 3.63) is 95.4 Å². The van der Waals surface area contributed by atoms with Crippen molar-refractivity contribution in [2.45, 2.75) is 25.3 Å². The Kier molecular flexibility index (Phi) is 4.95. The lowest BCUT2D eigenvalue weighted by Crippen LogP contribution is -2.35. The second kappa shape index (κ2) is 8.12. The minimum atomic E-state index is -0.253. The molecule has 164 valence electrons. The van der Waals surface area contributed by atoms with Crippen molar-refractivity contribution in [2.75, 3.05) is 6.54 Å². The van der Waals surface area contributed by atoms with Crippen molar-refractivity contribution >= 4 is 33.0 Å². The third-order valence-electron chi connectivity index (χ3n) is 6.28. The maximum absolute atomic E-state index is 13.4. The summed E-state index contributed by atoms with van der Waals surface area (Å²) in [6, 6.07) is 20.8. The number of hydrogen-bond acceptors (Lipinski definition) is 3. The van der Waals surface area contributed by atoms with Gasteiger partial charge in [-0.1, -0.05) is 30.3 Å². The first-order valence-electron chi connectivity index (χ1n) is 11.2. The first kappa shape index (κ1) is 20.1. The molecule has 2 heterocycles. The van der Waals surface area contributed by atoms with E-state index in [1.807, 2.05) is 47.5 Å². The summed E-state index contributed by atoms with van der Waals surface area (Å²) in [6.07, 6.45) is 4.90. The van der Waals surface area contributed by atoms with E-state index >= 15 is 0 Å². The van der Waals surface area contributed by atoms with E-state index in [0.717, 1.165) is 57.5 Å². The predicted octanol–water partition coefficient (Wildman–Crippen LogP) is 6.20. The number of fused-ring (bicyclic) bond motifs is 2. The van der Waals surface area contributed by atoms with Crippen LogP contribution in [-0.2, 0) is 6.42 Å². The van der Waals surface area contributed by atoms with Gasteiger partial charge >= 0.3 is 0 Å². The van der Waals surface area contributed by atoms with Crippen LogP contribution in [0.3, 0.4) is 0 Å². The Morgan fingerprint density at radius 3 is 2.64 bits per heavy atom. The number of thiazole rings is 1. The predicted molar refractivity (Wildman–Crippen MR) is 130 cm³/mol. The number of imidazole rings is 1. The Bertz CT molecular complexity index is 1470. The largest absolute Gasteiger partial charge is 0.335 e. The average Bonchev–Trinajstić information content (AvgIpc) is 3.48. The first-order valence-corrected chi connectivity index (χ1v) is 12.0. The van der Waals surface area contributed by atoms with Crippen LogP contribution in [0.4, 0.5) is 4.39 Å². The molecule has 0 atom stereocenters. The van der Waals surface area contributed by atoms with Crippen LogP contribution in [0.5, 0.6) is 0 Å². The fraction of sp³-hybridized carbons (Fsp3) is 0.185. The standard InChI is InChI=1S/C27H22FN3OS/c28-22-9-7-19(8-10-22)25-16-31-24(17-33-27(31)29-25)13-14-30(23-11-12-23)26(32)21-6-5-18-3-1-2-4-20(18)15-21/h1-10,15-17,23H,11-14H2. The molecule has 0 aliphatic heterocycles. The van der Waals surface area contributed by atoms with Gasteiger partial charge in [0.25, 0.3) is 5.91 Å². The maximum atomic E-state index is 13.4. The molecule has 4 nitrogen and oxygen atoms in total. The molecule has 5 aromatic rings. The first-order chi connectivity index (χ1) is 16.2. The van der Waals surface area contributed by atoms with Crippen molar-refractivity contribution in [3.63, 3.8) is 0 Å². The number of nitrogens with zero attached hydrogens (tertiary/aromatic N) is 3. The molecule has 3 aromatic carbocycles. The van der Waals surface area contributed by atoms with Crippen molar-refractivity contribution in [3.8, 4) is 11.3 Å². The minimum absolute atomic E-state index is 0.104. The van der Waals surface area contributed by atoms with E-state index < -0.39 is 0 Å². The summed E-state index contributed by atoms with van der Waals surface area (Å²) < 4.78 is 15.4. The van der Waals surface area contributed by atoms with Gasteiger partial charge < -0.3 is 4.90 Å². The van der Waals surface area contributed by atoms with Crippen LogP contribution in [0, 0.1) is 5.82 Å². The molecule has 6 heteroatoms. The highest BCUT2D eigenvalue weighted by Crippen LogP contribution is 2.30. The molecule has 1 fully saturated rings. The van der Waals surface area contributed by atoms with Crippen molar-refractivity contribution in [2.24, 2.45) is 0 Å². The lowest BCUT2D eigenvalue weighted by molar-refractivity contribution is 0.0745. The molecule has 1 aliphatic rings. The number of amides is 1. The smallest absolute Gasteiger partial charge is 0.254 e. The highest BCUT2D eigenvalue weighted by atomic mass is 32.1. The molecular weight excluding hydrogens is 433 g/mol. The highest BCUT2D eigenvalue weighted by Gasteiger charge is 2.33. The summed E-state index contributed by atoms with van der Waals surface area (Å²) in [6.45, 7) is 0.673. The van der Waals surface area contributed by atoms with Gasteiger partial charge in [0, 0.05) is 47.4 Å². The number of halogens is 1. The van der Waals surface area contributed by atoms with Gasteiger partial charge in [0.15, 0.2) is 4.96 Å². The van der Waals surface area contributed by atoms with E-state index in [-0.39, 0.29) is 11.7 Å². The zero-order chi connectivity index (χ0) is 22.4. The molecule has 1 saturated carbocycles. The van der Waals surface area contributed by atoms with Gasteiger partial charge in [-0.25, -0.2) is 9.37 Å². The second-order valence-electron chi connectivity index (χ2n) is 8.55. The molecule has 33 heavy (non-hydrogen) atoms. The van der Waals surface area contributed by atoms with Gasteiger partial charge in [0.2, 0.25) is 0 Å². The summed E-state index contributed by atoms with van der Waals surface area (Å²) in [5.74, 6) is -0.149. The van der Waals surface area contributed by atoms with E-state index in [0.29, 0.717) is 12.6 Å². The van der Waals surface area contributed by atoms with Gasteiger partial charge in [-0.15, -0.1) is 11.3 Å². The van der Waals surface area contributed by atoms with Gasteiger partial charge in [0.1, 0.15) is 5.82 Å². The summed E-state index contributed by atoms with van der Waals surface area (Å²) in [5.41, 5.74) is 3.60. The van der Waals surface area contributed by atoms with E-state index in [9.17, 15) is 9.18 Å². The Morgan fingerprint density at radius 1 is 1.06 bits per heavy atom. The summed E-state index contributed by atoms with van der Waals surface area (Å²) in [7, 11) is 0. The van der Waals surface area contributed by atoms with Gasteiger partial charge in [-0.2, -0.15) is 0 Å². The van der Waals surface area contributed by atoms with Crippen molar-refractivity contribution < 1.29 is 9.18 Å². The fourth-order valence-electron chi connectivity index (χ4n) is 4.33. The van der Waals surface area contributed by atoms with E-state index in [4.69, 9.17) is 4.98 Å². The third-order valence-corrected chi connectivity index (χ3v) is 7.17. The Hall–Kier alpha value is -3.51. The molecule has 1 aliphatic carbocycles. The van der Waals surface area contributed by atoms with E-state index in [1.54, 1.807) is 23.5 Å². The Labute approximate surface area is 194 Å². The SMILES string of the molecule is O=C(c1ccc2ccccc2c1)N(CCc1csc2nc(-c3ccc(F)cc3)cn12)C1CC1. The number of carbonyl (C=O) groups excluding carboxylic acids is 1. The summed E-state index contributed by atoms with van der Waals surface area (Å²) >= 11 is 1.59.